The van der Waals surface area contributed by atoms with Crippen molar-refractivity contribution in [1.82, 2.24) is 19.3 Å². The van der Waals surface area contributed by atoms with Crippen LogP contribution in [0.2, 0.25) is 0 Å². The summed E-state index contributed by atoms with van der Waals surface area (Å²) < 4.78 is 30.2. The fourth-order valence-corrected chi connectivity index (χ4v) is 6.11. The monoisotopic (exact) mass is 516 g/mol. The van der Waals surface area contributed by atoms with E-state index in [2.05, 4.69) is 26.2 Å². The summed E-state index contributed by atoms with van der Waals surface area (Å²) in [6, 6.07) is 9.22. The van der Waals surface area contributed by atoms with Crippen LogP contribution in [0.15, 0.2) is 60.0 Å². The average Bonchev–Trinajstić information content (AvgIpc) is 3.43. The quantitative estimate of drug-likeness (QED) is 0.396. The van der Waals surface area contributed by atoms with Crippen LogP contribution in [0, 0.1) is 6.92 Å². The van der Waals surface area contributed by atoms with Crippen LogP contribution in [0.25, 0.3) is 16.6 Å². The number of nitrogens with zero attached hydrogens (tertiary/aromatic N) is 4. The second kappa shape index (κ2) is 8.88. The fraction of sp³-hybridized carbons (Fsp3) is 0.296. The number of nitrogens with one attached hydrogen (secondary N) is 2. The smallest absolute Gasteiger partial charge is 0.333 e. The van der Waals surface area contributed by atoms with Crippen molar-refractivity contribution >= 4 is 32.9 Å². The molecule has 0 radical (unpaired) electrons. The largest absolute Gasteiger partial charge is 0.370 e. The summed E-state index contributed by atoms with van der Waals surface area (Å²) >= 11 is 0. The highest BCUT2D eigenvalue weighted by atomic mass is 32.2. The van der Waals surface area contributed by atoms with Gasteiger partial charge in [-0.2, -0.15) is 5.10 Å². The predicted molar refractivity (Wildman–Crippen MR) is 142 cm³/mol. The molecule has 1 saturated carbocycles. The van der Waals surface area contributed by atoms with E-state index in [1.54, 1.807) is 23.0 Å². The van der Waals surface area contributed by atoms with Crippen LogP contribution in [0.1, 0.15) is 36.0 Å². The van der Waals surface area contributed by atoms with Crippen molar-refractivity contribution in [2.75, 3.05) is 17.3 Å². The molecule has 0 spiro atoms. The Balaban J connectivity index is 1.32. The first-order valence-electron chi connectivity index (χ1n) is 12.4. The van der Waals surface area contributed by atoms with Gasteiger partial charge in [0, 0.05) is 37.2 Å². The lowest BCUT2D eigenvalue weighted by Crippen LogP contribution is -2.35. The highest BCUT2D eigenvalue weighted by Gasteiger charge is 2.28. The first-order chi connectivity index (χ1) is 17.8. The number of carbonyl (C=O) groups is 1. The summed E-state index contributed by atoms with van der Waals surface area (Å²) in [4.78, 5) is 19.2. The number of hydrogen-bond acceptors (Lipinski definition) is 6. The first kappa shape index (κ1) is 23.5. The van der Waals surface area contributed by atoms with Crippen molar-refractivity contribution in [2.24, 2.45) is 0 Å². The molecule has 0 atom stereocenters. The molecule has 0 unspecified atom stereocenters. The summed E-state index contributed by atoms with van der Waals surface area (Å²) in [6.07, 6.45) is 11.4. The second-order valence-electron chi connectivity index (χ2n) is 9.83. The molecule has 0 saturated heterocycles. The van der Waals surface area contributed by atoms with E-state index in [1.807, 2.05) is 43.3 Å². The van der Waals surface area contributed by atoms with Crippen molar-refractivity contribution in [3.8, 4) is 11.1 Å². The van der Waals surface area contributed by atoms with E-state index in [1.165, 1.54) is 11.8 Å². The first-order valence-corrected chi connectivity index (χ1v) is 13.9. The van der Waals surface area contributed by atoms with Crippen molar-refractivity contribution in [1.29, 1.82) is 0 Å². The van der Waals surface area contributed by atoms with Crippen LogP contribution in [-0.4, -0.2) is 42.1 Å². The van der Waals surface area contributed by atoms with Gasteiger partial charge in [0.05, 0.1) is 23.1 Å². The van der Waals surface area contributed by atoms with E-state index in [0.29, 0.717) is 17.4 Å². The molecule has 2 aliphatic carbocycles. The number of fused-ring (bicyclic) bond motifs is 2. The number of pyridine rings is 2. The number of urea groups is 1. The molecule has 3 aromatic heterocycles. The molecule has 1 fully saturated rings. The normalized spacial score (nSPS) is 15.0. The van der Waals surface area contributed by atoms with Gasteiger partial charge in [0.25, 0.3) is 10.0 Å². The minimum absolute atomic E-state index is 0.0477. The number of benzene rings is 1. The third kappa shape index (κ3) is 4.42. The zero-order valence-corrected chi connectivity index (χ0v) is 21.5. The number of aryl methyl sites for hydroxylation is 2. The van der Waals surface area contributed by atoms with Gasteiger partial charge in [-0.05, 0) is 85.5 Å². The maximum absolute atomic E-state index is 13.2. The Labute approximate surface area is 215 Å². The molecule has 2 N–H and O–H groups in total. The molecule has 4 aromatic rings. The number of rotatable bonds is 6. The van der Waals surface area contributed by atoms with Gasteiger partial charge >= 0.3 is 6.03 Å². The van der Waals surface area contributed by atoms with Gasteiger partial charge in [-0.15, -0.1) is 0 Å². The lowest BCUT2D eigenvalue weighted by molar-refractivity contribution is 0.256. The highest BCUT2D eigenvalue weighted by molar-refractivity contribution is 7.90. The minimum Gasteiger partial charge on any atom is -0.370 e. The zero-order valence-electron chi connectivity index (χ0n) is 20.7. The molecule has 9 nitrogen and oxygen atoms in total. The Morgan fingerprint density at radius 2 is 1.97 bits per heavy atom. The third-order valence-electron chi connectivity index (χ3n) is 7.26. The summed E-state index contributed by atoms with van der Waals surface area (Å²) in [5.41, 5.74) is 7.36. The van der Waals surface area contributed by atoms with Gasteiger partial charge in [-0.25, -0.2) is 22.4 Å². The van der Waals surface area contributed by atoms with Crippen molar-refractivity contribution in [3.63, 3.8) is 0 Å². The highest BCUT2D eigenvalue weighted by Crippen LogP contribution is 2.40. The number of carbonyl (C=O) groups excluding carboxylic acids is 1. The third-order valence-corrected chi connectivity index (χ3v) is 8.56. The molecule has 1 aromatic carbocycles. The van der Waals surface area contributed by atoms with Crippen molar-refractivity contribution < 1.29 is 13.2 Å². The van der Waals surface area contributed by atoms with Crippen molar-refractivity contribution in [3.05, 3.63) is 71.8 Å². The van der Waals surface area contributed by atoms with E-state index in [9.17, 15) is 13.2 Å². The fourth-order valence-electron chi connectivity index (χ4n) is 5.22. The SMILES string of the molecule is Cc1cc2c(c(NC(=O)NS(=O)(=O)c3cncc(N(C)C4CC4)c3)c1-c1ccn3nccc3c1)CCC2. The van der Waals surface area contributed by atoms with Gasteiger partial charge < -0.3 is 10.2 Å². The number of aromatic nitrogens is 3. The van der Waals surface area contributed by atoms with Crippen LogP contribution >= 0.6 is 0 Å². The number of sulfonamides is 1. The number of hydrogen-bond donors (Lipinski definition) is 2. The molecule has 2 amide bonds. The Bertz CT molecular complexity index is 1640. The molecule has 190 valence electrons. The molecule has 0 bridgehead atoms. The van der Waals surface area contributed by atoms with Gasteiger partial charge in [0.2, 0.25) is 0 Å². The minimum atomic E-state index is -4.13. The van der Waals surface area contributed by atoms with Gasteiger partial charge in [-0.3, -0.25) is 4.98 Å². The molecule has 2 aliphatic rings. The van der Waals surface area contributed by atoms with E-state index in [0.717, 1.165) is 59.9 Å². The molecule has 37 heavy (non-hydrogen) atoms. The molecule has 6 rings (SSSR count). The Hall–Kier alpha value is -3.92. The average molecular weight is 517 g/mol. The zero-order chi connectivity index (χ0) is 25.7. The number of anilines is 2. The lowest BCUT2D eigenvalue weighted by atomic mass is 9.93. The van der Waals surface area contributed by atoms with Gasteiger partial charge in [0.15, 0.2) is 0 Å². The maximum atomic E-state index is 13.2. The molecule has 0 aliphatic heterocycles. The Kier molecular flexibility index (Phi) is 5.63. The summed E-state index contributed by atoms with van der Waals surface area (Å²) in [6.45, 7) is 2.02. The van der Waals surface area contributed by atoms with Gasteiger partial charge in [0.1, 0.15) is 4.90 Å². The van der Waals surface area contributed by atoms with Crippen LogP contribution < -0.4 is 14.9 Å². The Morgan fingerprint density at radius 3 is 2.78 bits per heavy atom. The van der Waals surface area contributed by atoms with E-state index in [-0.39, 0.29) is 4.90 Å². The van der Waals surface area contributed by atoms with Crippen LogP contribution in [-0.2, 0) is 22.9 Å². The standard InChI is InChI=1S/C27H28N6O3S/c1-17-12-18-4-3-5-24(18)26(25(17)19-9-11-33-21(13-19)8-10-29-33)30-27(34)31-37(35,36)23-14-22(15-28-16-23)32(2)20-6-7-20/h8-16,20H,3-7H2,1-2H3,(H2,30,31,34). The van der Waals surface area contributed by atoms with E-state index < -0.39 is 16.1 Å². The molecule has 3 heterocycles. The van der Waals surface area contributed by atoms with Gasteiger partial charge in [-0.1, -0.05) is 6.07 Å². The Morgan fingerprint density at radius 1 is 1.14 bits per heavy atom. The van der Waals surface area contributed by atoms with E-state index in [4.69, 9.17) is 0 Å². The second-order valence-corrected chi connectivity index (χ2v) is 11.5. The van der Waals surface area contributed by atoms with Crippen molar-refractivity contribution in [2.45, 2.75) is 50.0 Å². The number of amides is 2. The van der Waals surface area contributed by atoms with Crippen LogP contribution in [0.3, 0.4) is 0 Å². The molecular weight excluding hydrogens is 488 g/mol. The summed E-state index contributed by atoms with van der Waals surface area (Å²) in [5, 5.41) is 7.17. The lowest BCUT2D eigenvalue weighted by Gasteiger charge is -2.20. The van der Waals surface area contributed by atoms with Crippen LogP contribution in [0.5, 0.6) is 0 Å². The summed E-state index contributed by atoms with van der Waals surface area (Å²) in [5.74, 6) is 0. The summed E-state index contributed by atoms with van der Waals surface area (Å²) in [7, 11) is -2.20. The van der Waals surface area contributed by atoms with Crippen LogP contribution in [0.4, 0.5) is 16.2 Å². The van der Waals surface area contributed by atoms with E-state index >= 15 is 0 Å². The molecule has 10 heteroatoms. The predicted octanol–water partition coefficient (Wildman–Crippen LogP) is 4.30. The molecular formula is C27H28N6O3S. The topological polar surface area (TPSA) is 109 Å². The maximum Gasteiger partial charge on any atom is 0.333 e.